The van der Waals surface area contributed by atoms with E-state index in [4.69, 9.17) is 18.9 Å². The number of ether oxygens (including phenoxy) is 4. The zero-order valence-corrected chi connectivity index (χ0v) is 20.4. The number of hydrogen-bond donors (Lipinski definition) is 1. The van der Waals surface area contributed by atoms with Gasteiger partial charge in [0, 0.05) is 18.9 Å². The smallest absolute Gasteiger partial charge is 0.244 e. The van der Waals surface area contributed by atoms with Crippen LogP contribution in [-0.4, -0.2) is 54.4 Å². The number of nitrogens with zero attached hydrogens (tertiary/aromatic N) is 3. The van der Waals surface area contributed by atoms with Crippen molar-refractivity contribution in [1.29, 1.82) is 0 Å². The summed E-state index contributed by atoms with van der Waals surface area (Å²) in [5.74, 6) is 3.73. The normalized spacial score (nSPS) is 10.8. The number of hydrogen-bond acceptors (Lipinski definition) is 8. The number of rotatable bonds is 12. The third kappa shape index (κ3) is 6.67. The summed E-state index contributed by atoms with van der Waals surface area (Å²) in [4.78, 5) is 12.2. The maximum absolute atomic E-state index is 12.2. The zero-order valence-electron chi connectivity index (χ0n) is 19.6. The van der Waals surface area contributed by atoms with Crippen molar-refractivity contribution in [3.05, 3.63) is 59.9 Å². The summed E-state index contributed by atoms with van der Waals surface area (Å²) in [5, 5.41) is 11.9. The molecule has 180 valence electrons. The number of benzene rings is 2. The Balaban J connectivity index is 1.46. The second-order valence-corrected chi connectivity index (χ2v) is 8.03. The number of thioether (sulfide) groups is 1. The van der Waals surface area contributed by atoms with Crippen molar-refractivity contribution in [2.75, 3.05) is 33.7 Å². The fourth-order valence-corrected chi connectivity index (χ4v) is 3.75. The lowest BCUT2D eigenvalue weighted by Gasteiger charge is -2.10. The molecule has 1 N–H and O–H groups in total. The molecular weight excluding hydrogens is 456 g/mol. The molecule has 9 nitrogen and oxygen atoms in total. The van der Waals surface area contributed by atoms with Crippen LogP contribution < -0.4 is 24.3 Å². The van der Waals surface area contributed by atoms with Crippen molar-refractivity contribution >= 4 is 23.7 Å². The van der Waals surface area contributed by atoms with Crippen LogP contribution in [0.5, 0.6) is 23.0 Å². The Kier molecular flexibility index (Phi) is 9.21. The van der Waals surface area contributed by atoms with Gasteiger partial charge in [-0.15, -0.1) is 10.2 Å². The van der Waals surface area contributed by atoms with Gasteiger partial charge in [0.25, 0.3) is 0 Å². The molecule has 0 aliphatic rings. The molecule has 0 radical (unpaired) electrons. The van der Waals surface area contributed by atoms with E-state index >= 15 is 0 Å². The average Bonchev–Trinajstić information content (AvgIpc) is 3.22. The van der Waals surface area contributed by atoms with Crippen LogP contribution in [0.25, 0.3) is 6.08 Å². The Bertz CT molecular complexity index is 1130. The van der Waals surface area contributed by atoms with Crippen LogP contribution >= 0.6 is 11.8 Å². The van der Waals surface area contributed by atoms with Crippen molar-refractivity contribution in [3.8, 4) is 23.0 Å². The molecule has 34 heavy (non-hydrogen) atoms. The summed E-state index contributed by atoms with van der Waals surface area (Å²) in [6, 6.07) is 12.9. The molecule has 0 spiro atoms. The molecule has 0 atom stereocenters. The van der Waals surface area contributed by atoms with E-state index in [-0.39, 0.29) is 12.5 Å². The monoisotopic (exact) mass is 484 g/mol. The Morgan fingerprint density at radius 1 is 1.00 bits per heavy atom. The maximum atomic E-state index is 12.2. The third-order valence-corrected chi connectivity index (χ3v) is 5.81. The van der Waals surface area contributed by atoms with E-state index in [0.717, 1.165) is 10.7 Å². The molecule has 10 heteroatoms. The predicted molar refractivity (Wildman–Crippen MR) is 131 cm³/mol. The van der Waals surface area contributed by atoms with Crippen LogP contribution in [0, 0.1) is 0 Å². The highest BCUT2D eigenvalue weighted by Crippen LogP contribution is 2.28. The molecule has 0 fully saturated rings. The van der Waals surface area contributed by atoms with Gasteiger partial charge in [0.1, 0.15) is 0 Å². The molecule has 0 unspecified atom stereocenters. The van der Waals surface area contributed by atoms with E-state index in [9.17, 15) is 4.79 Å². The third-order valence-electron chi connectivity index (χ3n) is 4.82. The minimum absolute atomic E-state index is 0.239. The molecule has 1 amide bonds. The van der Waals surface area contributed by atoms with Crippen molar-refractivity contribution < 1.29 is 23.7 Å². The van der Waals surface area contributed by atoms with Gasteiger partial charge in [-0.05, 0) is 35.9 Å². The first kappa shape index (κ1) is 25.0. The highest BCUT2D eigenvalue weighted by molar-refractivity contribution is 7.99. The van der Waals surface area contributed by atoms with Gasteiger partial charge in [0.2, 0.25) is 5.91 Å². The minimum Gasteiger partial charge on any atom is -0.493 e. The van der Waals surface area contributed by atoms with Crippen molar-refractivity contribution in [2.45, 2.75) is 11.7 Å². The number of nitrogens with one attached hydrogen (secondary N) is 1. The molecule has 3 aromatic rings. The molecule has 0 aliphatic heterocycles. The first-order valence-corrected chi connectivity index (χ1v) is 11.5. The number of amides is 1. The molecule has 1 heterocycles. The van der Waals surface area contributed by atoms with Crippen molar-refractivity contribution in [3.63, 3.8) is 0 Å². The van der Waals surface area contributed by atoms with Crippen LogP contribution in [0.4, 0.5) is 0 Å². The van der Waals surface area contributed by atoms with Crippen LogP contribution in [0.15, 0.2) is 53.7 Å². The standard InChI is InChI=1S/C24H28N4O5S/c1-28-22(16-25-23(29)12-10-17-9-11-19(31-3)21(15-17)32-4)26-27-24(28)34-14-13-33-20-8-6-5-7-18(20)30-2/h5-12,15H,13-14,16H2,1-4H3,(H,25,29). The van der Waals surface area contributed by atoms with E-state index in [1.54, 1.807) is 39.5 Å². The van der Waals surface area contributed by atoms with Gasteiger partial charge in [-0.2, -0.15) is 0 Å². The quantitative estimate of drug-likeness (QED) is 0.238. The van der Waals surface area contributed by atoms with E-state index in [2.05, 4.69) is 15.5 Å². The summed E-state index contributed by atoms with van der Waals surface area (Å²) in [5.41, 5.74) is 0.820. The van der Waals surface area contributed by atoms with Gasteiger partial charge in [0.15, 0.2) is 34.0 Å². The summed E-state index contributed by atoms with van der Waals surface area (Å²) in [6.07, 6.45) is 3.17. The largest absolute Gasteiger partial charge is 0.493 e. The summed E-state index contributed by atoms with van der Waals surface area (Å²) < 4.78 is 23.4. The number of carbonyl (C=O) groups is 1. The molecule has 0 bridgehead atoms. The summed E-state index contributed by atoms with van der Waals surface area (Å²) in [7, 11) is 6.62. The fourth-order valence-electron chi connectivity index (χ4n) is 3.00. The maximum Gasteiger partial charge on any atom is 0.244 e. The van der Waals surface area contributed by atoms with E-state index < -0.39 is 0 Å². The average molecular weight is 485 g/mol. The molecule has 0 aliphatic carbocycles. The number of carbonyl (C=O) groups excluding carboxylic acids is 1. The molecular formula is C24H28N4O5S. The number of methoxy groups -OCH3 is 3. The van der Waals surface area contributed by atoms with Gasteiger partial charge in [0.05, 0.1) is 34.5 Å². The fraction of sp³-hybridized carbons (Fsp3) is 0.292. The lowest BCUT2D eigenvalue weighted by Crippen LogP contribution is -2.22. The van der Waals surface area contributed by atoms with Gasteiger partial charge in [-0.25, -0.2) is 0 Å². The topological polar surface area (TPSA) is 96.7 Å². The minimum atomic E-state index is -0.239. The van der Waals surface area contributed by atoms with Crippen LogP contribution in [-0.2, 0) is 18.4 Å². The molecule has 3 rings (SSSR count). The Labute approximate surface area is 203 Å². The zero-order chi connectivity index (χ0) is 24.3. The molecule has 1 aromatic heterocycles. The summed E-state index contributed by atoms with van der Waals surface area (Å²) in [6.45, 7) is 0.752. The first-order chi connectivity index (χ1) is 16.5. The van der Waals surface area contributed by atoms with Crippen LogP contribution in [0.2, 0.25) is 0 Å². The highest BCUT2D eigenvalue weighted by atomic mass is 32.2. The SMILES string of the molecule is COc1ccc(C=CC(=O)NCc2nnc(SCCOc3ccccc3OC)n2C)cc1OC. The summed E-state index contributed by atoms with van der Waals surface area (Å²) >= 11 is 1.52. The lowest BCUT2D eigenvalue weighted by molar-refractivity contribution is -0.116. The van der Waals surface area contributed by atoms with E-state index in [0.29, 0.717) is 41.2 Å². The van der Waals surface area contributed by atoms with Gasteiger partial charge in [-0.1, -0.05) is 30.0 Å². The second kappa shape index (κ2) is 12.5. The van der Waals surface area contributed by atoms with Crippen LogP contribution in [0.1, 0.15) is 11.4 Å². The van der Waals surface area contributed by atoms with Gasteiger partial charge >= 0.3 is 0 Å². The molecule has 0 saturated heterocycles. The predicted octanol–water partition coefficient (Wildman–Crippen LogP) is 3.34. The van der Waals surface area contributed by atoms with Gasteiger partial charge in [-0.3, -0.25) is 4.79 Å². The Morgan fingerprint density at radius 2 is 1.71 bits per heavy atom. The van der Waals surface area contributed by atoms with Crippen LogP contribution in [0.3, 0.4) is 0 Å². The van der Waals surface area contributed by atoms with E-state index in [1.165, 1.54) is 17.8 Å². The molecule has 0 saturated carbocycles. The number of para-hydroxylation sites is 2. The van der Waals surface area contributed by atoms with Crippen molar-refractivity contribution in [2.24, 2.45) is 7.05 Å². The first-order valence-electron chi connectivity index (χ1n) is 10.5. The highest BCUT2D eigenvalue weighted by Gasteiger charge is 2.10. The Morgan fingerprint density at radius 3 is 2.44 bits per heavy atom. The van der Waals surface area contributed by atoms with Gasteiger partial charge < -0.3 is 28.8 Å². The second-order valence-electron chi connectivity index (χ2n) is 6.97. The Hall–Kier alpha value is -3.66. The molecule has 2 aromatic carbocycles. The lowest BCUT2D eigenvalue weighted by atomic mass is 10.2. The van der Waals surface area contributed by atoms with Crippen molar-refractivity contribution in [1.82, 2.24) is 20.1 Å². The van der Waals surface area contributed by atoms with E-state index in [1.807, 2.05) is 41.9 Å². The number of aromatic nitrogens is 3.